The minimum absolute atomic E-state index is 0. The maximum Gasteiger partial charge on any atom is 1.00 e. The zero-order valence-electron chi connectivity index (χ0n) is 8.61. The van der Waals surface area contributed by atoms with Crippen molar-refractivity contribution in [3.05, 3.63) is 23.5 Å². The number of hydrogen-bond acceptors (Lipinski definition) is 5. The van der Waals surface area contributed by atoms with Gasteiger partial charge in [-0.25, -0.2) is 9.18 Å². The number of carbonyl (C=O) groups excluding carboxylic acids is 1. The number of aromatic nitrogens is 1. The molecule has 0 saturated heterocycles. The molecule has 2 rings (SSSR count). The fourth-order valence-electron chi connectivity index (χ4n) is 1.21. The normalized spacial score (nSPS) is 9.88. The molecule has 7 heteroatoms. The van der Waals surface area contributed by atoms with Crippen LogP contribution in [-0.2, 0) is 17.4 Å². The summed E-state index contributed by atoms with van der Waals surface area (Å²) >= 11 is 5.88. The molecule has 0 spiro atoms. The molecule has 0 fully saturated rings. The van der Waals surface area contributed by atoms with Crippen LogP contribution in [0, 0.1) is 5.82 Å². The molecule has 1 aromatic heterocycles. The average molecular weight is 281 g/mol. The van der Waals surface area contributed by atoms with Gasteiger partial charge in [0.15, 0.2) is 0 Å². The minimum Gasteiger partial charge on any atom is -0.465 e. The second-order valence-electron chi connectivity index (χ2n) is 2.75. The van der Waals surface area contributed by atoms with Crippen LogP contribution in [0.4, 0.5) is 4.39 Å². The van der Waals surface area contributed by atoms with E-state index < -0.39 is 11.8 Å². The summed E-state index contributed by atoms with van der Waals surface area (Å²) in [7, 11) is 1.21. The van der Waals surface area contributed by atoms with Crippen molar-refractivity contribution in [1.29, 1.82) is 0 Å². The Balaban J connectivity index is 0.00000128. The predicted octanol–water partition coefficient (Wildman–Crippen LogP) is -0.868. The Kier molecular flexibility index (Phi) is 5.24. The van der Waals surface area contributed by atoms with Gasteiger partial charge in [-0.1, -0.05) is 0 Å². The first-order chi connectivity index (χ1) is 7.13. The monoisotopic (exact) mass is 281 g/mol. The van der Waals surface area contributed by atoms with Gasteiger partial charge in [0.05, 0.1) is 18.2 Å². The number of hydrogen-bond donors (Lipinski definition) is 0. The molecule has 16 heavy (non-hydrogen) atoms. The second kappa shape index (κ2) is 5.81. The summed E-state index contributed by atoms with van der Waals surface area (Å²) in [6, 6.07) is 2.90. The molecule has 0 aliphatic carbocycles. The molecule has 78 valence electrons. The molecule has 0 N–H and O–H groups in total. The second-order valence-corrected chi connectivity index (χ2v) is 4.39. The standard InChI is InChI=1S/C9H6FNO2S2.K/c1-13-8(12)4-2-3-5-7(6(4)10)15-9(14)11-5;/h2-3H,1H3,(H,11,14);/q;+1/p-1. The van der Waals surface area contributed by atoms with Gasteiger partial charge in [0.2, 0.25) is 0 Å². The summed E-state index contributed by atoms with van der Waals surface area (Å²) in [6.45, 7) is 0. The van der Waals surface area contributed by atoms with Crippen molar-refractivity contribution in [2.75, 3.05) is 7.11 Å². The smallest absolute Gasteiger partial charge is 0.465 e. The van der Waals surface area contributed by atoms with Gasteiger partial charge < -0.3 is 28.7 Å². The van der Waals surface area contributed by atoms with Crippen LogP contribution in [0.15, 0.2) is 16.5 Å². The molecule has 0 saturated carbocycles. The number of esters is 1. The number of methoxy groups -OCH3 is 1. The molecule has 2 aromatic rings. The Morgan fingerprint density at radius 3 is 2.88 bits per heavy atom. The van der Waals surface area contributed by atoms with E-state index in [1.165, 1.54) is 13.2 Å². The topological polar surface area (TPSA) is 39.2 Å². The molecule has 0 unspecified atom stereocenters. The molecule has 0 radical (unpaired) electrons. The van der Waals surface area contributed by atoms with E-state index in [4.69, 9.17) is 12.6 Å². The number of nitrogens with zero attached hydrogens (tertiary/aromatic N) is 1. The quantitative estimate of drug-likeness (QED) is 0.387. The number of rotatable bonds is 1. The van der Waals surface area contributed by atoms with E-state index in [2.05, 4.69) is 9.72 Å². The fourth-order valence-corrected chi connectivity index (χ4v) is 2.29. The van der Waals surface area contributed by atoms with Gasteiger partial charge in [-0.2, -0.15) is 0 Å². The van der Waals surface area contributed by atoms with Crippen molar-refractivity contribution in [2.45, 2.75) is 4.34 Å². The van der Waals surface area contributed by atoms with Crippen LogP contribution in [0.2, 0.25) is 0 Å². The molecule has 0 atom stereocenters. The van der Waals surface area contributed by atoms with E-state index in [0.717, 1.165) is 11.3 Å². The van der Waals surface area contributed by atoms with Crippen LogP contribution in [-0.4, -0.2) is 18.1 Å². The number of thiazole rings is 1. The van der Waals surface area contributed by atoms with E-state index in [9.17, 15) is 9.18 Å². The Morgan fingerprint density at radius 2 is 2.25 bits per heavy atom. The van der Waals surface area contributed by atoms with Gasteiger partial charge in [-0.3, -0.25) is 4.98 Å². The zero-order valence-corrected chi connectivity index (χ0v) is 13.4. The summed E-state index contributed by atoms with van der Waals surface area (Å²) in [6.07, 6.45) is 0. The van der Waals surface area contributed by atoms with Crippen LogP contribution in [0.3, 0.4) is 0 Å². The van der Waals surface area contributed by atoms with Crippen LogP contribution >= 0.6 is 11.3 Å². The molecule has 3 nitrogen and oxygen atoms in total. The number of fused-ring (bicyclic) bond motifs is 1. The van der Waals surface area contributed by atoms with Gasteiger partial charge in [0.25, 0.3) is 0 Å². The van der Waals surface area contributed by atoms with Crippen molar-refractivity contribution >= 4 is 40.2 Å². The third-order valence-electron chi connectivity index (χ3n) is 1.88. The third-order valence-corrected chi connectivity index (χ3v) is 3.08. The maximum absolute atomic E-state index is 13.7. The molecule has 0 aliphatic heterocycles. The zero-order chi connectivity index (χ0) is 11.0. The molecule has 0 aliphatic rings. The SMILES string of the molecule is COC(=O)c1ccc2nc([S-])sc2c1F.[K+]. The molecular weight excluding hydrogens is 276 g/mol. The summed E-state index contributed by atoms with van der Waals surface area (Å²) < 4.78 is 18.8. The van der Waals surface area contributed by atoms with Gasteiger partial charge in [-0.05, 0) is 21.2 Å². The van der Waals surface area contributed by atoms with Crippen molar-refractivity contribution in [3.63, 3.8) is 0 Å². The van der Waals surface area contributed by atoms with Crippen LogP contribution < -0.4 is 51.4 Å². The molecular formula is C9H5FKNO2S2. The van der Waals surface area contributed by atoms with E-state index in [1.807, 2.05) is 0 Å². The number of benzene rings is 1. The summed E-state index contributed by atoms with van der Waals surface area (Å²) in [5.41, 5.74) is 0.374. The van der Waals surface area contributed by atoms with Crippen molar-refractivity contribution < 1.29 is 65.3 Å². The first-order valence-electron chi connectivity index (χ1n) is 3.98. The summed E-state index contributed by atoms with van der Waals surface area (Å²) in [5, 5.41) is 0. The summed E-state index contributed by atoms with van der Waals surface area (Å²) in [4.78, 5) is 15.1. The van der Waals surface area contributed by atoms with Crippen LogP contribution in [0.5, 0.6) is 0 Å². The first-order valence-corrected chi connectivity index (χ1v) is 5.20. The fraction of sp³-hybridized carbons (Fsp3) is 0.111. The van der Waals surface area contributed by atoms with E-state index in [0.29, 0.717) is 14.6 Å². The van der Waals surface area contributed by atoms with E-state index in [1.54, 1.807) is 6.07 Å². The van der Waals surface area contributed by atoms with Crippen LogP contribution in [0.1, 0.15) is 10.4 Å². The number of halogens is 1. The maximum atomic E-state index is 13.7. The molecule has 0 amide bonds. The first kappa shape index (κ1) is 14.4. The van der Waals surface area contributed by atoms with E-state index >= 15 is 0 Å². The average Bonchev–Trinajstić information content (AvgIpc) is 2.59. The Hall–Kier alpha value is 0.366. The number of ether oxygens (including phenoxy) is 1. The molecule has 1 aromatic carbocycles. The van der Waals surface area contributed by atoms with Crippen LogP contribution in [0.25, 0.3) is 10.2 Å². The number of carbonyl (C=O) groups is 1. The molecule has 0 bridgehead atoms. The molecule has 1 heterocycles. The van der Waals surface area contributed by atoms with Crippen molar-refractivity contribution in [1.82, 2.24) is 4.98 Å². The Morgan fingerprint density at radius 1 is 1.56 bits per heavy atom. The van der Waals surface area contributed by atoms with Crippen molar-refractivity contribution in [2.24, 2.45) is 0 Å². The Bertz CT molecular complexity index is 544. The van der Waals surface area contributed by atoms with E-state index in [-0.39, 0.29) is 56.9 Å². The Labute approximate surface area is 143 Å². The van der Waals surface area contributed by atoms with Gasteiger partial charge in [0.1, 0.15) is 5.82 Å². The van der Waals surface area contributed by atoms with Crippen molar-refractivity contribution in [3.8, 4) is 0 Å². The third kappa shape index (κ3) is 2.61. The predicted molar refractivity (Wildman–Crippen MR) is 56.5 cm³/mol. The van der Waals surface area contributed by atoms with Gasteiger partial charge >= 0.3 is 57.4 Å². The largest absolute Gasteiger partial charge is 1.00 e. The minimum atomic E-state index is -0.700. The summed E-state index contributed by atoms with van der Waals surface area (Å²) in [5.74, 6) is -1.32. The van der Waals surface area contributed by atoms with Gasteiger partial charge in [0, 0.05) is 0 Å². The van der Waals surface area contributed by atoms with Gasteiger partial charge in [-0.15, -0.1) is 0 Å².